The quantitative estimate of drug-likeness (QED) is 0.516. The van der Waals surface area contributed by atoms with Crippen molar-refractivity contribution >= 4 is 17.3 Å². The molecule has 6 nitrogen and oxygen atoms in total. The first-order valence-corrected chi connectivity index (χ1v) is 8.04. The fourth-order valence-corrected chi connectivity index (χ4v) is 3.39. The molecule has 6 heteroatoms. The van der Waals surface area contributed by atoms with Crippen molar-refractivity contribution in [3.8, 4) is 0 Å². The van der Waals surface area contributed by atoms with E-state index in [2.05, 4.69) is 19.2 Å². The summed E-state index contributed by atoms with van der Waals surface area (Å²) in [4.78, 5) is 22.2. The third kappa shape index (κ3) is 3.20. The van der Waals surface area contributed by atoms with Crippen molar-refractivity contribution in [3.63, 3.8) is 0 Å². The number of nitrogens with zero attached hydrogens (tertiary/aromatic N) is 1. The summed E-state index contributed by atoms with van der Waals surface area (Å²) in [5.74, 6) is -0.349. The van der Waals surface area contributed by atoms with Crippen molar-refractivity contribution in [3.05, 3.63) is 69.3 Å². The second-order valence-corrected chi connectivity index (χ2v) is 6.95. The molecular formula is C19H20N2O4. The summed E-state index contributed by atoms with van der Waals surface area (Å²) in [6.07, 6.45) is 0.780. The monoisotopic (exact) mass is 340 g/mol. The van der Waals surface area contributed by atoms with E-state index < -0.39 is 4.92 Å². The molecule has 2 aromatic rings. The fourth-order valence-electron chi connectivity index (χ4n) is 3.39. The molecule has 0 saturated carbocycles. The summed E-state index contributed by atoms with van der Waals surface area (Å²) in [6, 6.07) is 12.2. The number of nitrogens with one attached hydrogen (secondary N) is 1. The number of hydrogen-bond donors (Lipinski definition) is 1. The van der Waals surface area contributed by atoms with Crippen LogP contribution < -0.4 is 5.32 Å². The maximum atomic E-state index is 11.7. The summed E-state index contributed by atoms with van der Waals surface area (Å²) in [5.41, 5.74) is 3.52. The lowest BCUT2D eigenvalue weighted by Crippen LogP contribution is -2.35. The minimum Gasteiger partial charge on any atom is -0.465 e. The third-order valence-corrected chi connectivity index (χ3v) is 4.69. The summed E-state index contributed by atoms with van der Waals surface area (Å²) < 4.78 is 4.79. The van der Waals surface area contributed by atoms with Gasteiger partial charge in [-0.3, -0.25) is 10.1 Å². The number of hydrogen-bond acceptors (Lipinski definition) is 5. The topological polar surface area (TPSA) is 81.5 Å². The van der Waals surface area contributed by atoms with Gasteiger partial charge in [0, 0.05) is 17.8 Å². The van der Waals surface area contributed by atoms with E-state index in [4.69, 9.17) is 4.74 Å². The molecule has 1 N–H and O–H groups in total. The van der Waals surface area contributed by atoms with E-state index in [1.807, 2.05) is 12.1 Å². The molecule has 0 saturated heterocycles. The lowest BCUT2D eigenvalue weighted by Gasteiger charge is -2.41. The van der Waals surface area contributed by atoms with Crippen LogP contribution in [0.2, 0.25) is 0 Å². The van der Waals surface area contributed by atoms with Crippen molar-refractivity contribution in [2.24, 2.45) is 5.41 Å². The highest BCUT2D eigenvalue weighted by molar-refractivity contribution is 5.90. The summed E-state index contributed by atoms with van der Waals surface area (Å²) >= 11 is 0. The first-order valence-electron chi connectivity index (χ1n) is 8.04. The minimum absolute atomic E-state index is 0.0183. The number of fused-ring (bicyclic) bond motifs is 1. The van der Waals surface area contributed by atoms with Gasteiger partial charge in [0.1, 0.15) is 0 Å². The molecule has 0 aromatic heterocycles. The molecule has 1 heterocycles. The Balaban J connectivity index is 1.94. The van der Waals surface area contributed by atoms with Crippen molar-refractivity contribution in [1.82, 2.24) is 0 Å². The number of ether oxygens (including phenoxy) is 1. The van der Waals surface area contributed by atoms with Crippen LogP contribution >= 0.6 is 0 Å². The van der Waals surface area contributed by atoms with Crippen molar-refractivity contribution < 1.29 is 14.5 Å². The van der Waals surface area contributed by atoms with E-state index in [1.54, 1.807) is 18.2 Å². The molecule has 130 valence electrons. The Labute approximate surface area is 146 Å². The predicted molar refractivity (Wildman–Crippen MR) is 94.7 cm³/mol. The molecule has 0 radical (unpaired) electrons. The highest BCUT2D eigenvalue weighted by Gasteiger charge is 2.36. The number of rotatable bonds is 3. The lowest BCUT2D eigenvalue weighted by molar-refractivity contribution is -0.384. The highest BCUT2D eigenvalue weighted by atomic mass is 16.6. The number of benzene rings is 2. The summed E-state index contributed by atoms with van der Waals surface area (Å²) in [7, 11) is 1.37. The van der Waals surface area contributed by atoms with Gasteiger partial charge in [-0.25, -0.2) is 4.79 Å². The highest BCUT2D eigenvalue weighted by Crippen LogP contribution is 2.45. The van der Waals surface area contributed by atoms with Gasteiger partial charge in [0.15, 0.2) is 0 Å². The Morgan fingerprint density at radius 1 is 1.24 bits per heavy atom. The molecular weight excluding hydrogens is 320 g/mol. The molecule has 3 rings (SSSR count). The number of non-ortho nitro benzene ring substituents is 1. The largest absolute Gasteiger partial charge is 0.465 e. The van der Waals surface area contributed by atoms with Crippen LogP contribution in [-0.2, 0) is 11.2 Å². The van der Waals surface area contributed by atoms with Crippen LogP contribution in [0.15, 0.2) is 42.5 Å². The van der Waals surface area contributed by atoms with E-state index in [-0.39, 0.29) is 23.1 Å². The van der Waals surface area contributed by atoms with Crippen LogP contribution in [0.3, 0.4) is 0 Å². The van der Waals surface area contributed by atoms with Crippen LogP contribution in [0, 0.1) is 15.5 Å². The number of nitro benzene ring substituents is 1. The van der Waals surface area contributed by atoms with Gasteiger partial charge in [-0.05, 0) is 41.2 Å². The van der Waals surface area contributed by atoms with Crippen LogP contribution in [0.5, 0.6) is 0 Å². The van der Waals surface area contributed by atoms with Gasteiger partial charge in [-0.15, -0.1) is 0 Å². The van der Waals surface area contributed by atoms with Gasteiger partial charge in [-0.2, -0.15) is 0 Å². The molecule has 0 bridgehead atoms. The number of carbonyl (C=O) groups excluding carboxylic acids is 1. The summed E-state index contributed by atoms with van der Waals surface area (Å²) in [6.45, 7) is 4.28. The van der Waals surface area contributed by atoms with Crippen molar-refractivity contribution in [1.29, 1.82) is 0 Å². The van der Waals surface area contributed by atoms with Gasteiger partial charge in [0.25, 0.3) is 5.69 Å². The first-order chi connectivity index (χ1) is 11.8. The van der Waals surface area contributed by atoms with Crippen LogP contribution in [-0.4, -0.2) is 18.0 Å². The van der Waals surface area contributed by atoms with Gasteiger partial charge >= 0.3 is 5.97 Å². The molecule has 0 spiro atoms. The van der Waals surface area contributed by atoms with Crippen LogP contribution in [0.4, 0.5) is 11.4 Å². The van der Waals surface area contributed by atoms with E-state index in [9.17, 15) is 14.9 Å². The summed E-state index contributed by atoms with van der Waals surface area (Å²) in [5, 5.41) is 14.4. The fraction of sp³-hybridized carbons (Fsp3) is 0.316. The molecule has 25 heavy (non-hydrogen) atoms. The minimum atomic E-state index is -0.396. The lowest BCUT2D eigenvalue weighted by atomic mass is 9.72. The Hall–Kier alpha value is -2.89. The SMILES string of the molecule is COC(=O)c1ccc2c(c1)CC(C)(C)C(c1ccc([N+](=O)[O-])cc1)N2. The van der Waals surface area contributed by atoms with Crippen LogP contribution in [0.25, 0.3) is 0 Å². The number of carbonyl (C=O) groups is 1. The maximum Gasteiger partial charge on any atom is 0.337 e. The number of methoxy groups -OCH3 is 1. The third-order valence-electron chi connectivity index (χ3n) is 4.69. The average molecular weight is 340 g/mol. The van der Waals surface area contributed by atoms with Gasteiger partial charge in [-0.1, -0.05) is 26.0 Å². The Bertz CT molecular complexity index is 828. The molecule has 2 aromatic carbocycles. The number of esters is 1. The standard InChI is InChI=1S/C19H20N2O4/c1-19(2)11-14-10-13(18(22)25-3)6-9-16(14)20-17(19)12-4-7-15(8-5-12)21(23)24/h4-10,17,20H,11H2,1-3H3. The van der Waals surface area contributed by atoms with E-state index in [0.717, 1.165) is 23.2 Å². The van der Waals surface area contributed by atoms with E-state index in [1.165, 1.54) is 19.2 Å². The van der Waals surface area contributed by atoms with E-state index >= 15 is 0 Å². The van der Waals surface area contributed by atoms with Gasteiger partial charge in [0.2, 0.25) is 0 Å². The first kappa shape index (κ1) is 17.0. The normalized spacial score (nSPS) is 18.0. The molecule has 0 fully saturated rings. The zero-order chi connectivity index (χ0) is 18.2. The molecule has 0 amide bonds. The van der Waals surface area contributed by atoms with Gasteiger partial charge in [0.05, 0.1) is 23.6 Å². The second-order valence-electron chi connectivity index (χ2n) is 6.95. The molecule has 1 atom stereocenters. The van der Waals surface area contributed by atoms with Crippen molar-refractivity contribution in [2.75, 3.05) is 12.4 Å². The molecule has 1 aliphatic rings. The second kappa shape index (κ2) is 6.20. The predicted octanol–water partition coefficient (Wildman–Crippen LogP) is 4.12. The zero-order valence-corrected chi connectivity index (χ0v) is 14.4. The number of nitro groups is 1. The average Bonchev–Trinajstić information content (AvgIpc) is 2.59. The smallest absolute Gasteiger partial charge is 0.337 e. The van der Waals surface area contributed by atoms with Crippen molar-refractivity contribution in [2.45, 2.75) is 26.3 Å². The zero-order valence-electron chi connectivity index (χ0n) is 14.4. The van der Waals surface area contributed by atoms with Gasteiger partial charge < -0.3 is 10.1 Å². The Morgan fingerprint density at radius 3 is 2.52 bits per heavy atom. The van der Waals surface area contributed by atoms with E-state index in [0.29, 0.717) is 5.56 Å². The van der Waals surface area contributed by atoms with Crippen LogP contribution in [0.1, 0.15) is 41.4 Å². The number of anilines is 1. The maximum absolute atomic E-state index is 11.7. The molecule has 1 aliphatic heterocycles. The molecule has 1 unspecified atom stereocenters. The Kier molecular flexibility index (Phi) is 4.20. The molecule has 0 aliphatic carbocycles. The Morgan fingerprint density at radius 2 is 1.92 bits per heavy atom.